The molecule has 0 heteroatoms. The average Bonchev–Trinajstić information content (AvgIpc) is 2.36. The van der Waals surface area contributed by atoms with Crippen LogP contribution in [0, 0.1) is 23.7 Å². The van der Waals surface area contributed by atoms with E-state index in [1.165, 1.54) is 25.7 Å². The number of hydrogen-bond acceptors (Lipinski definition) is 0. The molecule has 0 aromatic heterocycles. The lowest BCUT2D eigenvalue weighted by molar-refractivity contribution is 0.456. The van der Waals surface area contributed by atoms with Crippen molar-refractivity contribution in [2.75, 3.05) is 0 Å². The number of hydrogen-bond donors (Lipinski definition) is 0. The first-order valence-electron chi connectivity index (χ1n) is 4.30. The first-order valence-corrected chi connectivity index (χ1v) is 4.30. The van der Waals surface area contributed by atoms with Gasteiger partial charge in [-0.15, -0.1) is 5.92 Å². The van der Waals surface area contributed by atoms with E-state index < -0.39 is 0 Å². The Balaban J connectivity index is 2.47. The molecule has 0 heterocycles. The van der Waals surface area contributed by atoms with Crippen LogP contribution in [0.2, 0.25) is 0 Å². The first kappa shape index (κ1) is 7.66. The summed E-state index contributed by atoms with van der Waals surface area (Å²) in [6.45, 7) is 4.23. The molecule has 1 fully saturated rings. The van der Waals surface area contributed by atoms with Crippen LogP contribution in [0.1, 0.15) is 39.5 Å². The predicted octanol–water partition coefficient (Wildman–Crippen LogP) is 2.84. The third-order valence-corrected chi connectivity index (χ3v) is 2.51. The van der Waals surface area contributed by atoms with Crippen LogP contribution in [-0.2, 0) is 0 Å². The summed E-state index contributed by atoms with van der Waals surface area (Å²) in [7, 11) is 0. The van der Waals surface area contributed by atoms with Crippen molar-refractivity contribution in [1.82, 2.24) is 0 Å². The SMILES string of the molecule is CC#CC1CCCC1CC. The quantitative estimate of drug-likeness (QED) is 0.486. The van der Waals surface area contributed by atoms with Gasteiger partial charge in [0.05, 0.1) is 0 Å². The fourth-order valence-electron chi connectivity index (χ4n) is 1.90. The normalized spacial score (nSPS) is 31.4. The molecule has 0 aliphatic heterocycles. The van der Waals surface area contributed by atoms with Gasteiger partial charge in [-0.2, -0.15) is 0 Å². The van der Waals surface area contributed by atoms with Crippen LogP contribution < -0.4 is 0 Å². The van der Waals surface area contributed by atoms with E-state index in [9.17, 15) is 0 Å². The van der Waals surface area contributed by atoms with Crippen LogP contribution in [0.4, 0.5) is 0 Å². The molecule has 0 nitrogen and oxygen atoms in total. The molecule has 0 aromatic carbocycles. The van der Waals surface area contributed by atoms with Gasteiger partial charge >= 0.3 is 0 Å². The van der Waals surface area contributed by atoms with Gasteiger partial charge in [-0.25, -0.2) is 0 Å². The van der Waals surface area contributed by atoms with Crippen molar-refractivity contribution in [3.63, 3.8) is 0 Å². The second-order valence-electron chi connectivity index (χ2n) is 3.10. The molecule has 0 radical (unpaired) electrons. The molecule has 0 amide bonds. The summed E-state index contributed by atoms with van der Waals surface area (Å²) >= 11 is 0. The fourth-order valence-corrected chi connectivity index (χ4v) is 1.90. The minimum Gasteiger partial charge on any atom is -0.106 e. The maximum absolute atomic E-state index is 3.30. The summed E-state index contributed by atoms with van der Waals surface area (Å²) < 4.78 is 0. The van der Waals surface area contributed by atoms with Crippen LogP contribution in [0.5, 0.6) is 0 Å². The van der Waals surface area contributed by atoms with E-state index in [2.05, 4.69) is 18.8 Å². The van der Waals surface area contributed by atoms with Crippen molar-refractivity contribution < 1.29 is 0 Å². The molecule has 2 atom stereocenters. The summed E-state index contributed by atoms with van der Waals surface area (Å²) in [6, 6.07) is 0. The zero-order valence-corrected chi connectivity index (χ0v) is 6.98. The molecule has 0 saturated heterocycles. The third-order valence-electron chi connectivity index (χ3n) is 2.51. The average molecular weight is 136 g/mol. The van der Waals surface area contributed by atoms with Crippen molar-refractivity contribution in [3.05, 3.63) is 0 Å². The van der Waals surface area contributed by atoms with E-state index in [1.54, 1.807) is 0 Å². The summed E-state index contributed by atoms with van der Waals surface area (Å²) in [5, 5.41) is 0. The minimum absolute atomic E-state index is 0.731. The van der Waals surface area contributed by atoms with Gasteiger partial charge in [0.1, 0.15) is 0 Å². The van der Waals surface area contributed by atoms with Gasteiger partial charge in [-0.3, -0.25) is 0 Å². The van der Waals surface area contributed by atoms with Gasteiger partial charge in [0, 0.05) is 5.92 Å². The first-order chi connectivity index (χ1) is 4.88. The highest BCUT2D eigenvalue weighted by Gasteiger charge is 2.23. The van der Waals surface area contributed by atoms with Crippen molar-refractivity contribution in [2.24, 2.45) is 11.8 Å². The monoisotopic (exact) mass is 136 g/mol. The predicted molar refractivity (Wildman–Crippen MR) is 44.6 cm³/mol. The summed E-state index contributed by atoms with van der Waals surface area (Å²) in [5.74, 6) is 7.96. The fraction of sp³-hybridized carbons (Fsp3) is 0.800. The van der Waals surface area contributed by atoms with Crippen molar-refractivity contribution >= 4 is 0 Å². The molecule has 0 bridgehead atoms. The van der Waals surface area contributed by atoms with E-state index in [4.69, 9.17) is 0 Å². The third kappa shape index (κ3) is 1.53. The Morgan fingerprint density at radius 1 is 1.40 bits per heavy atom. The van der Waals surface area contributed by atoms with E-state index in [0.717, 1.165) is 11.8 Å². The van der Waals surface area contributed by atoms with Crippen molar-refractivity contribution in [1.29, 1.82) is 0 Å². The molecule has 1 aliphatic carbocycles. The second-order valence-corrected chi connectivity index (χ2v) is 3.10. The molecular weight excluding hydrogens is 120 g/mol. The Labute approximate surface area is 64.0 Å². The summed E-state index contributed by atoms with van der Waals surface area (Å²) in [4.78, 5) is 0. The van der Waals surface area contributed by atoms with E-state index in [-0.39, 0.29) is 0 Å². The molecule has 1 saturated carbocycles. The molecule has 2 unspecified atom stereocenters. The van der Waals surface area contributed by atoms with E-state index in [1.807, 2.05) is 6.92 Å². The molecule has 0 N–H and O–H groups in total. The van der Waals surface area contributed by atoms with Gasteiger partial charge < -0.3 is 0 Å². The van der Waals surface area contributed by atoms with Crippen LogP contribution in [-0.4, -0.2) is 0 Å². The highest BCUT2D eigenvalue weighted by molar-refractivity contribution is 5.04. The van der Waals surface area contributed by atoms with Gasteiger partial charge in [-0.1, -0.05) is 25.7 Å². The minimum atomic E-state index is 0.731. The molecule has 56 valence electrons. The van der Waals surface area contributed by atoms with E-state index in [0.29, 0.717) is 0 Å². The smallest absolute Gasteiger partial charge is 0.0230 e. The lowest BCUT2D eigenvalue weighted by Crippen LogP contribution is -2.03. The highest BCUT2D eigenvalue weighted by Crippen LogP contribution is 2.33. The maximum Gasteiger partial charge on any atom is 0.0230 e. The Hall–Kier alpha value is -0.440. The topological polar surface area (TPSA) is 0 Å². The number of rotatable bonds is 1. The highest BCUT2D eigenvalue weighted by atomic mass is 14.3. The van der Waals surface area contributed by atoms with Crippen LogP contribution in [0.15, 0.2) is 0 Å². The lowest BCUT2D eigenvalue weighted by Gasteiger charge is -2.10. The van der Waals surface area contributed by atoms with Crippen molar-refractivity contribution in [3.8, 4) is 11.8 Å². The lowest BCUT2D eigenvalue weighted by atomic mass is 9.94. The van der Waals surface area contributed by atoms with Gasteiger partial charge in [-0.05, 0) is 25.7 Å². The zero-order valence-electron chi connectivity index (χ0n) is 6.98. The van der Waals surface area contributed by atoms with Gasteiger partial charge in [0.2, 0.25) is 0 Å². The van der Waals surface area contributed by atoms with Crippen LogP contribution in [0.3, 0.4) is 0 Å². The summed E-state index contributed by atoms with van der Waals surface area (Å²) in [6.07, 6.45) is 5.48. The van der Waals surface area contributed by atoms with Gasteiger partial charge in [0.15, 0.2) is 0 Å². The molecular formula is C10H16. The molecule has 0 spiro atoms. The zero-order chi connectivity index (χ0) is 7.40. The Bertz CT molecular complexity index is 147. The Morgan fingerprint density at radius 3 is 2.80 bits per heavy atom. The largest absolute Gasteiger partial charge is 0.106 e. The van der Waals surface area contributed by atoms with Gasteiger partial charge in [0.25, 0.3) is 0 Å². The molecule has 1 rings (SSSR count). The standard InChI is InChI=1S/C10H16/c1-3-6-10-8-5-7-9(10)4-2/h9-10H,4-5,7-8H2,1-2H3. The Morgan fingerprint density at radius 2 is 2.20 bits per heavy atom. The van der Waals surface area contributed by atoms with Crippen LogP contribution in [0.25, 0.3) is 0 Å². The van der Waals surface area contributed by atoms with Crippen molar-refractivity contribution in [2.45, 2.75) is 39.5 Å². The summed E-state index contributed by atoms with van der Waals surface area (Å²) in [5.41, 5.74) is 0. The second kappa shape index (κ2) is 3.66. The van der Waals surface area contributed by atoms with E-state index >= 15 is 0 Å². The maximum atomic E-state index is 3.30. The molecule has 1 aliphatic rings. The van der Waals surface area contributed by atoms with Crippen LogP contribution >= 0.6 is 0 Å². The molecule has 0 aromatic rings. The molecule has 10 heavy (non-hydrogen) atoms. The Kier molecular flexibility index (Phi) is 2.81.